The molecule has 4 aromatic rings. The minimum absolute atomic E-state index is 0.347. The zero-order valence-electron chi connectivity index (χ0n) is 28.4. The summed E-state index contributed by atoms with van der Waals surface area (Å²) in [5.41, 5.74) is 2.30. The van der Waals surface area contributed by atoms with Gasteiger partial charge in [-0.15, -0.1) is 5.92 Å². The summed E-state index contributed by atoms with van der Waals surface area (Å²) in [6, 6.07) is 25.0. The minimum atomic E-state index is -0.353. The van der Waals surface area contributed by atoms with Gasteiger partial charge >= 0.3 is 11.9 Å². The predicted molar refractivity (Wildman–Crippen MR) is 195 cm³/mol. The maximum Gasteiger partial charge on any atom is 0.330 e. The number of fused-ring (bicyclic) bond motifs is 2. The second-order valence-corrected chi connectivity index (χ2v) is 11.4. The van der Waals surface area contributed by atoms with Crippen LogP contribution < -0.4 is 9.47 Å². The van der Waals surface area contributed by atoms with Crippen molar-refractivity contribution < 1.29 is 28.5 Å². The lowest BCUT2D eigenvalue weighted by Crippen LogP contribution is -2.02. The highest BCUT2D eigenvalue weighted by molar-refractivity contribution is 5.86. The Morgan fingerprint density at radius 1 is 0.583 bits per heavy atom. The number of hydrogen-bond donors (Lipinski definition) is 0. The highest BCUT2D eigenvalue weighted by Gasteiger charge is 2.01. The fourth-order valence-corrected chi connectivity index (χ4v) is 4.93. The van der Waals surface area contributed by atoms with Crippen LogP contribution in [0.3, 0.4) is 0 Å². The van der Waals surface area contributed by atoms with Crippen LogP contribution >= 0.6 is 0 Å². The molecular formula is C42H48O6. The van der Waals surface area contributed by atoms with Crippen molar-refractivity contribution in [1.29, 1.82) is 0 Å². The van der Waals surface area contributed by atoms with Crippen molar-refractivity contribution in [2.45, 2.75) is 65.2 Å². The van der Waals surface area contributed by atoms with Crippen LogP contribution in [0.2, 0.25) is 0 Å². The van der Waals surface area contributed by atoms with Crippen LogP contribution in [0.4, 0.5) is 0 Å². The molecule has 0 amide bonds. The molecule has 0 unspecified atom stereocenters. The van der Waals surface area contributed by atoms with Crippen molar-refractivity contribution in [3.63, 3.8) is 0 Å². The van der Waals surface area contributed by atoms with Crippen molar-refractivity contribution >= 4 is 33.5 Å². The average Bonchev–Trinajstić information content (AvgIpc) is 3.10. The van der Waals surface area contributed by atoms with E-state index in [0.29, 0.717) is 26.4 Å². The van der Waals surface area contributed by atoms with Crippen molar-refractivity contribution in [3.8, 4) is 23.3 Å². The summed E-state index contributed by atoms with van der Waals surface area (Å²) in [5.74, 6) is 7.10. The molecule has 6 heteroatoms. The van der Waals surface area contributed by atoms with Gasteiger partial charge in [-0.25, -0.2) is 9.59 Å². The Bertz CT molecular complexity index is 1690. The van der Waals surface area contributed by atoms with Crippen molar-refractivity contribution in [2.75, 3.05) is 26.4 Å². The number of esters is 2. The number of ether oxygens (including phenoxy) is 4. The molecule has 48 heavy (non-hydrogen) atoms. The number of carbonyl (C=O) groups is 2. The van der Waals surface area contributed by atoms with E-state index in [1.54, 1.807) is 0 Å². The highest BCUT2D eigenvalue weighted by Crippen LogP contribution is 2.23. The van der Waals surface area contributed by atoms with E-state index in [2.05, 4.69) is 86.5 Å². The average molecular weight is 649 g/mol. The molecule has 0 spiro atoms. The van der Waals surface area contributed by atoms with Crippen LogP contribution in [0.25, 0.3) is 21.5 Å². The first-order valence-electron chi connectivity index (χ1n) is 16.7. The summed E-state index contributed by atoms with van der Waals surface area (Å²) in [4.78, 5) is 21.7. The molecule has 0 heterocycles. The van der Waals surface area contributed by atoms with Gasteiger partial charge in [-0.05, 0) is 123 Å². The molecule has 0 saturated carbocycles. The summed E-state index contributed by atoms with van der Waals surface area (Å²) >= 11 is 0. The fraction of sp³-hybridized carbons (Fsp3) is 0.333. The van der Waals surface area contributed by atoms with Gasteiger partial charge in [-0.3, -0.25) is 0 Å². The van der Waals surface area contributed by atoms with Gasteiger partial charge in [-0.1, -0.05) is 61.0 Å². The first-order valence-corrected chi connectivity index (χ1v) is 16.7. The van der Waals surface area contributed by atoms with Gasteiger partial charge in [-0.2, -0.15) is 0 Å². The molecule has 0 aliphatic carbocycles. The molecule has 0 N–H and O–H groups in total. The summed E-state index contributed by atoms with van der Waals surface area (Å²) in [7, 11) is 0. The summed E-state index contributed by atoms with van der Waals surface area (Å²) < 4.78 is 21.5. The zero-order valence-corrected chi connectivity index (χ0v) is 28.4. The lowest BCUT2D eigenvalue weighted by molar-refractivity contribution is -0.138. The lowest BCUT2D eigenvalue weighted by atomic mass is 10.1. The van der Waals surface area contributed by atoms with E-state index in [-0.39, 0.29) is 11.9 Å². The topological polar surface area (TPSA) is 71.1 Å². The SMILES string of the molecule is C=CC(=O)OCCCCCCOc1ccc2cc(C#CC)ccc2c1.C=CC(=O)OCCCCCCOc1ccc2cc(C)ccc2c1. The number of aryl methyl sites for hydroxylation is 1. The summed E-state index contributed by atoms with van der Waals surface area (Å²) in [6.45, 7) is 13.0. The van der Waals surface area contributed by atoms with Gasteiger partial charge < -0.3 is 18.9 Å². The van der Waals surface area contributed by atoms with E-state index in [0.717, 1.165) is 73.8 Å². The maximum atomic E-state index is 10.9. The Balaban J connectivity index is 0.000000261. The number of benzene rings is 4. The standard InChI is InChI=1S/C22H24O3.C20H24O3/c1-3-9-18-10-11-20-17-21(13-12-19(20)16-18)24-14-7-5-6-8-15-25-22(23)4-2;1-3-20(21)23-13-7-5-4-6-12-22-19-11-10-17-14-16(2)8-9-18(17)15-19/h4,10-13,16-17H,2,5-8,14-15H2,1H3;3,8-11,14-15H,1,4-7,12-13H2,2H3. The normalized spacial score (nSPS) is 10.2. The van der Waals surface area contributed by atoms with Crippen LogP contribution in [0.1, 0.15) is 69.4 Å². The van der Waals surface area contributed by atoms with Crippen LogP contribution in [-0.4, -0.2) is 38.4 Å². The Labute approximate surface area is 285 Å². The number of rotatable bonds is 18. The molecule has 4 rings (SSSR count). The second-order valence-electron chi connectivity index (χ2n) is 11.4. The first-order chi connectivity index (χ1) is 23.4. The van der Waals surface area contributed by atoms with Gasteiger partial charge in [0.05, 0.1) is 26.4 Å². The van der Waals surface area contributed by atoms with E-state index < -0.39 is 0 Å². The molecular weight excluding hydrogens is 600 g/mol. The Morgan fingerprint density at radius 3 is 1.52 bits per heavy atom. The predicted octanol–water partition coefficient (Wildman–Crippen LogP) is 9.70. The lowest BCUT2D eigenvalue weighted by Gasteiger charge is -2.08. The first kappa shape index (κ1) is 37.4. The largest absolute Gasteiger partial charge is 0.494 e. The molecule has 0 aliphatic heterocycles. The maximum absolute atomic E-state index is 10.9. The quantitative estimate of drug-likeness (QED) is 0.0463. The van der Waals surface area contributed by atoms with Gasteiger partial charge in [0.15, 0.2) is 0 Å². The molecule has 0 aromatic heterocycles. The second kappa shape index (κ2) is 21.7. The van der Waals surface area contributed by atoms with E-state index in [4.69, 9.17) is 18.9 Å². The zero-order chi connectivity index (χ0) is 34.4. The monoisotopic (exact) mass is 648 g/mol. The molecule has 252 valence electrons. The van der Waals surface area contributed by atoms with E-state index in [9.17, 15) is 9.59 Å². The van der Waals surface area contributed by atoms with E-state index in [1.165, 1.54) is 33.9 Å². The van der Waals surface area contributed by atoms with Crippen LogP contribution in [-0.2, 0) is 19.1 Å². The molecule has 0 bridgehead atoms. The van der Waals surface area contributed by atoms with Crippen molar-refractivity contribution in [3.05, 3.63) is 109 Å². The summed E-state index contributed by atoms with van der Waals surface area (Å²) in [6.07, 6.45) is 10.3. The Hall–Kier alpha value is -5.02. The fourth-order valence-electron chi connectivity index (χ4n) is 4.93. The molecule has 0 fully saturated rings. The van der Waals surface area contributed by atoms with Crippen molar-refractivity contribution in [2.24, 2.45) is 0 Å². The Morgan fingerprint density at radius 2 is 1.02 bits per heavy atom. The van der Waals surface area contributed by atoms with Crippen LogP contribution in [0.15, 0.2) is 98.1 Å². The van der Waals surface area contributed by atoms with Gasteiger partial charge in [0, 0.05) is 17.7 Å². The third-order valence-corrected chi connectivity index (χ3v) is 7.49. The molecule has 0 aliphatic rings. The molecule has 0 saturated heterocycles. The third kappa shape index (κ3) is 14.2. The minimum Gasteiger partial charge on any atom is -0.494 e. The smallest absolute Gasteiger partial charge is 0.330 e. The van der Waals surface area contributed by atoms with Gasteiger partial charge in [0.2, 0.25) is 0 Å². The van der Waals surface area contributed by atoms with Gasteiger partial charge in [0.1, 0.15) is 11.5 Å². The van der Waals surface area contributed by atoms with E-state index in [1.807, 2.05) is 25.1 Å². The number of carbonyl (C=O) groups excluding carboxylic acids is 2. The van der Waals surface area contributed by atoms with E-state index >= 15 is 0 Å². The number of unbranched alkanes of at least 4 members (excludes halogenated alkanes) is 6. The third-order valence-electron chi connectivity index (χ3n) is 7.49. The molecule has 0 radical (unpaired) electrons. The molecule has 6 nitrogen and oxygen atoms in total. The Kier molecular flexibility index (Phi) is 16.9. The summed E-state index contributed by atoms with van der Waals surface area (Å²) in [5, 5.41) is 4.77. The molecule has 4 aromatic carbocycles. The van der Waals surface area contributed by atoms with Crippen molar-refractivity contribution in [1.82, 2.24) is 0 Å². The van der Waals surface area contributed by atoms with Gasteiger partial charge in [0.25, 0.3) is 0 Å². The highest BCUT2D eigenvalue weighted by atomic mass is 16.5. The van der Waals surface area contributed by atoms with Crippen LogP contribution in [0.5, 0.6) is 11.5 Å². The molecule has 0 atom stereocenters. The number of hydrogen-bond acceptors (Lipinski definition) is 6. The van der Waals surface area contributed by atoms with Crippen LogP contribution in [0, 0.1) is 18.8 Å².